The third-order valence-electron chi connectivity index (χ3n) is 5.02. The highest BCUT2D eigenvalue weighted by molar-refractivity contribution is 7.21. The highest BCUT2D eigenvalue weighted by Gasteiger charge is 2.22. The first-order valence-corrected chi connectivity index (χ1v) is 10.2. The maximum Gasteiger partial charge on any atom is 0.165 e. The molecule has 3 aromatic rings. The van der Waals surface area contributed by atoms with Crippen LogP contribution in [0.15, 0.2) is 36.4 Å². The molecule has 0 spiro atoms. The van der Waals surface area contributed by atoms with Crippen molar-refractivity contribution >= 4 is 21.6 Å². The van der Waals surface area contributed by atoms with Gasteiger partial charge in [-0.1, -0.05) is 12.1 Å². The summed E-state index contributed by atoms with van der Waals surface area (Å²) in [7, 11) is 0. The second-order valence-electron chi connectivity index (χ2n) is 6.97. The largest absolute Gasteiger partial charge is 0.504 e. The van der Waals surface area contributed by atoms with Gasteiger partial charge in [0.05, 0.1) is 16.4 Å². The minimum Gasteiger partial charge on any atom is -0.504 e. The Morgan fingerprint density at radius 3 is 2.93 bits per heavy atom. The van der Waals surface area contributed by atoms with Gasteiger partial charge in [-0.3, -0.25) is 4.90 Å². The van der Waals surface area contributed by atoms with Crippen LogP contribution in [0.1, 0.15) is 12.0 Å². The van der Waals surface area contributed by atoms with Crippen LogP contribution in [0.2, 0.25) is 0 Å². The van der Waals surface area contributed by atoms with Crippen molar-refractivity contribution in [3.63, 3.8) is 0 Å². The summed E-state index contributed by atoms with van der Waals surface area (Å²) >= 11 is 1.64. The van der Waals surface area contributed by atoms with E-state index in [0.717, 1.165) is 52.4 Å². The lowest BCUT2D eigenvalue weighted by Crippen LogP contribution is -2.38. The molecule has 5 N–H and O–H groups in total. The van der Waals surface area contributed by atoms with Crippen LogP contribution in [-0.2, 0) is 6.54 Å². The summed E-state index contributed by atoms with van der Waals surface area (Å²) in [4.78, 5) is 7.07. The van der Waals surface area contributed by atoms with Gasteiger partial charge in [-0.2, -0.15) is 11.1 Å². The van der Waals surface area contributed by atoms with E-state index in [4.69, 9.17) is 9.72 Å². The van der Waals surface area contributed by atoms with Gasteiger partial charge in [0.1, 0.15) is 11.6 Å². The van der Waals surface area contributed by atoms with Crippen LogP contribution >= 0.6 is 11.3 Å². The van der Waals surface area contributed by atoms with Crippen molar-refractivity contribution in [2.75, 3.05) is 19.7 Å². The molecule has 3 heterocycles. The Kier molecular flexibility index (Phi) is 4.85. The number of ether oxygens (including phenoxy) is 1. The number of phenolic OH excluding ortho intramolecular Hbond substituents is 1. The molecule has 8 nitrogen and oxygen atoms in total. The molecule has 5 rings (SSSR count). The van der Waals surface area contributed by atoms with E-state index in [1.165, 1.54) is 0 Å². The average molecular weight is 398 g/mol. The Bertz CT molecular complexity index is 955. The zero-order valence-electron chi connectivity index (χ0n) is 15.2. The lowest BCUT2D eigenvalue weighted by atomic mass is 10.1. The number of fused-ring (bicyclic) bond motifs is 2. The van der Waals surface area contributed by atoms with Gasteiger partial charge in [-0.05, 0) is 30.7 Å². The van der Waals surface area contributed by atoms with Gasteiger partial charge < -0.3 is 9.84 Å². The van der Waals surface area contributed by atoms with Crippen LogP contribution in [0.5, 0.6) is 11.5 Å². The summed E-state index contributed by atoms with van der Waals surface area (Å²) < 4.78 is 7.01. The molecule has 28 heavy (non-hydrogen) atoms. The highest BCUT2D eigenvalue weighted by atomic mass is 32.1. The molecule has 146 valence electrons. The second-order valence-corrected chi connectivity index (χ2v) is 8.01. The van der Waals surface area contributed by atoms with E-state index in [9.17, 15) is 5.11 Å². The Morgan fingerprint density at radius 1 is 1.21 bits per heavy atom. The summed E-state index contributed by atoms with van der Waals surface area (Å²) in [6.07, 6.45) is 1.10. The van der Waals surface area contributed by atoms with E-state index in [0.29, 0.717) is 12.4 Å². The molecule has 9 heteroatoms. The lowest BCUT2D eigenvalue weighted by molar-refractivity contribution is 0.213. The van der Waals surface area contributed by atoms with Crippen molar-refractivity contribution in [3.8, 4) is 22.1 Å². The van der Waals surface area contributed by atoms with Crippen LogP contribution < -0.4 is 26.7 Å². The van der Waals surface area contributed by atoms with Crippen molar-refractivity contribution in [2.45, 2.75) is 19.1 Å². The van der Waals surface area contributed by atoms with E-state index in [1.54, 1.807) is 17.4 Å². The van der Waals surface area contributed by atoms with Crippen LogP contribution in [-0.4, -0.2) is 40.9 Å². The van der Waals surface area contributed by atoms with E-state index < -0.39 is 0 Å². The number of hydrazine groups is 3. The number of aromatic hydroxyl groups is 1. The first-order chi connectivity index (χ1) is 13.8. The number of hydrogen-bond acceptors (Lipinski definition) is 9. The van der Waals surface area contributed by atoms with Gasteiger partial charge in [-0.25, -0.2) is 15.8 Å². The van der Waals surface area contributed by atoms with Crippen LogP contribution in [0, 0.1) is 0 Å². The first kappa shape index (κ1) is 17.8. The predicted molar refractivity (Wildman–Crippen MR) is 108 cm³/mol. The Morgan fingerprint density at radius 2 is 2.07 bits per heavy atom. The number of benzene rings is 2. The zero-order chi connectivity index (χ0) is 18.9. The standard InChI is InChI=1S/C19H22N6O2S/c26-15-10-12(19-20-14-3-1-2-4-16(14)28-19)9-13-11-25(7-8-27-18(13)15)6-5-17-21-23-24-22-17/h1-4,9-10,17,21-24,26H,5-8,11H2. The molecule has 2 aliphatic rings. The summed E-state index contributed by atoms with van der Waals surface area (Å²) in [5.41, 5.74) is 14.8. The molecule has 0 unspecified atom stereocenters. The van der Waals surface area contributed by atoms with Crippen molar-refractivity contribution in [2.24, 2.45) is 0 Å². The normalized spacial score (nSPS) is 18.1. The summed E-state index contributed by atoms with van der Waals surface area (Å²) in [5, 5.41) is 11.5. The molecule has 2 aromatic carbocycles. The molecule has 1 aromatic heterocycles. The number of nitrogens with zero attached hydrogens (tertiary/aromatic N) is 2. The number of nitrogens with one attached hydrogen (secondary N) is 4. The lowest BCUT2D eigenvalue weighted by Gasteiger charge is -2.21. The van der Waals surface area contributed by atoms with E-state index in [1.807, 2.05) is 18.2 Å². The van der Waals surface area contributed by atoms with Gasteiger partial charge in [0.25, 0.3) is 0 Å². The van der Waals surface area contributed by atoms with E-state index in [2.05, 4.69) is 39.0 Å². The molecule has 2 aliphatic heterocycles. The molecule has 1 fully saturated rings. The summed E-state index contributed by atoms with van der Waals surface area (Å²) in [6, 6.07) is 11.9. The van der Waals surface area contributed by atoms with Crippen molar-refractivity contribution in [1.29, 1.82) is 0 Å². The topological polar surface area (TPSA) is 93.7 Å². The fraction of sp³-hybridized carbons (Fsp3) is 0.316. The Balaban J connectivity index is 1.41. The maximum absolute atomic E-state index is 10.6. The van der Waals surface area contributed by atoms with Gasteiger partial charge in [0, 0.05) is 30.8 Å². The molecule has 0 atom stereocenters. The number of hydrogen-bond donors (Lipinski definition) is 5. The molecule has 1 saturated heterocycles. The van der Waals surface area contributed by atoms with Crippen molar-refractivity contribution in [1.82, 2.24) is 31.8 Å². The third kappa shape index (κ3) is 3.55. The number of aromatic nitrogens is 1. The average Bonchev–Trinajstić information content (AvgIpc) is 3.32. The molecular weight excluding hydrogens is 376 g/mol. The molecule has 0 aliphatic carbocycles. The maximum atomic E-state index is 10.6. The number of rotatable bonds is 4. The molecule has 0 bridgehead atoms. The van der Waals surface area contributed by atoms with Crippen LogP contribution in [0.3, 0.4) is 0 Å². The van der Waals surface area contributed by atoms with Crippen molar-refractivity contribution in [3.05, 3.63) is 42.0 Å². The zero-order valence-corrected chi connectivity index (χ0v) is 16.1. The monoisotopic (exact) mass is 398 g/mol. The Hall–Kier alpha value is -2.27. The molecular formula is C19H22N6O2S. The van der Waals surface area contributed by atoms with E-state index >= 15 is 0 Å². The molecule has 0 saturated carbocycles. The Labute approximate surface area is 166 Å². The number of para-hydroxylation sites is 1. The quantitative estimate of drug-likeness (QED) is 0.453. The fourth-order valence-electron chi connectivity index (χ4n) is 3.60. The summed E-state index contributed by atoms with van der Waals surface area (Å²) in [6.45, 7) is 3.01. The number of phenols is 1. The van der Waals surface area contributed by atoms with Gasteiger partial charge in [0.2, 0.25) is 0 Å². The fourth-order valence-corrected chi connectivity index (χ4v) is 4.55. The predicted octanol–water partition coefficient (Wildman–Crippen LogP) is 1.70. The minimum atomic E-state index is 0.172. The van der Waals surface area contributed by atoms with Gasteiger partial charge in [0.15, 0.2) is 11.5 Å². The molecule has 0 amide bonds. The summed E-state index contributed by atoms with van der Waals surface area (Å²) in [5.74, 6) is 0.772. The van der Waals surface area contributed by atoms with Crippen LogP contribution in [0.25, 0.3) is 20.8 Å². The SMILES string of the molecule is Oc1cc(-c2nc3ccccc3s2)cc2c1OCCN(CCC1NNNN1)C2. The van der Waals surface area contributed by atoms with Crippen LogP contribution in [0.4, 0.5) is 0 Å². The highest BCUT2D eigenvalue weighted by Crippen LogP contribution is 2.39. The smallest absolute Gasteiger partial charge is 0.165 e. The molecule has 0 radical (unpaired) electrons. The number of thiazole rings is 1. The third-order valence-corrected chi connectivity index (χ3v) is 6.11. The van der Waals surface area contributed by atoms with Gasteiger partial charge >= 0.3 is 0 Å². The van der Waals surface area contributed by atoms with Gasteiger partial charge in [-0.15, -0.1) is 11.3 Å². The minimum absolute atomic E-state index is 0.172. The van der Waals surface area contributed by atoms with E-state index in [-0.39, 0.29) is 11.9 Å². The first-order valence-electron chi connectivity index (χ1n) is 9.34. The van der Waals surface area contributed by atoms with Crippen molar-refractivity contribution < 1.29 is 9.84 Å². The second kappa shape index (κ2) is 7.63.